The Hall–Kier alpha value is -3.33. The van der Waals surface area contributed by atoms with Gasteiger partial charge in [-0.3, -0.25) is 14.4 Å². The lowest BCUT2D eigenvalue weighted by molar-refractivity contribution is -0.139. The minimum Gasteiger partial charge on any atom is -0.494 e. The van der Waals surface area contributed by atoms with Crippen LogP contribution in [0.15, 0.2) is 47.6 Å². The Bertz CT molecular complexity index is 1190. The number of hydrazone groups is 1. The van der Waals surface area contributed by atoms with Gasteiger partial charge in [0.25, 0.3) is 5.91 Å². The molecular formula is C26H30N4O4S. The number of nitrogens with zero attached hydrogens (tertiary/aromatic N) is 3. The molecule has 2 aliphatic heterocycles. The minimum atomic E-state index is -1.40. The highest BCUT2D eigenvalue weighted by molar-refractivity contribution is 8.15. The van der Waals surface area contributed by atoms with Crippen molar-refractivity contribution in [2.24, 2.45) is 11.0 Å². The van der Waals surface area contributed by atoms with Crippen molar-refractivity contribution in [2.75, 3.05) is 11.5 Å². The molecule has 0 unspecified atom stereocenters. The zero-order valence-electron chi connectivity index (χ0n) is 20.6. The zero-order chi connectivity index (χ0) is 25.3. The summed E-state index contributed by atoms with van der Waals surface area (Å²) in [5.74, 6) is 0.379. The number of thioether (sulfide) groups is 1. The van der Waals surface area contributed by atoms with E-state index in [4.69, 9.17) is 4.74 Å². The van der Waals surface area contributed by atoms with Crippen LogP contribution in [0.4, 0.5) is 5.69 Å². The van der Waals surface area contributed by atoms with Gasteiger partial charge in [-0.05, 0) is 54.8 Å². The predicted octanol–water partition coefficient (Wildman–Crippen LogP) is 4.12. The van der Waals surface area contributed by atoms with Crippen molar-refractivity contribution in [2.45, 2.75) is 52.5 Å². The topological polar surface area (TPSA) is 91.3 Å². The van der Waals surface area contributed by atoms with E-state index in [-0.39, 0.29) is 22.9 Å². The van der Waals surface area contributed by atoms with Crippen molar-refractivity contribution in [1.82, 2.24) is 10.3 Å². The molecule has 2 aromatic carbocycles. The van der Waals surface area contributed by atoms with Crippen molar-refractivity contribution in [3.8, 4) is 5.75 Å². The number of amides is 3. The molecule has 0 fully saturated rings. The van der Waals surface area contributed by atoms with E-state index in [0.717, 1.165) is 40.7 Å². The normalized spacial score (nSPS) is 18.8. The molecule has 0 aliphatic carbocycles. The number of carbonyl (C=O) groups excluding carboxylic acids is 3. The largest absolute Gasteiger partial charge is 0.494 e. The number of nitrogens with one attached hydrogen (secondary N) is 1. The van der Waals surface area contributed by atoms with Gasteiger partial charge in [0.05, 0.1) is 18.8 Å². The van der Waals surface area contributed by atoms with Gasteiger partial charge in [-0.25, -0.2) is 0 Å². The fourth-order valence-electron chi connectivity index (χ4n) is 4.17. The summed E-state index contributed by atoms with van der Waals surface area (Å²) in [5, 5.41) is 8.35. The highest BCUT2D eigenvalue weighted by atomic mass is 32.2. The third-order valence-electron chi connectivity index (χ3n) is 5.89. The van der Waals surface area contributed by atoms with Crippen molar-refractivity contribution < 1.29 is 19.1 Å². The van der Waals surface area contributed by atoms with E-state index in [2.05, 4.69) is 24.3 Å². The quantitative estimate of drug-likeness (QED) is 0.652. The third-order valence-corrected chi connectivity index (χ3v) is 7.13. The third kappa shape index (κ3) is 4.77. The molecule has 2 aliphatic rings. The molecule has 0 bridgehead atoms. The Morgan fingerprint density at radius 3 is 2.49 bits per heavy atom. The number of aryl methyl sites for hydroxylation is 1. The average molecular weight is 495 g/mol. The maximum atomic E-state index is 14.0. The smallest absolute Gasteiger partial charge is 0.271 e. The summed E-state index contributed by atoms with van der Waals surface area (Å²) >= 11 is 1.08. The van der Waals surface area contributed by atoms with E-state index in [0.29, 0.717) is 24.6 Å². The van der Waals surface area contributed by atoms with Crippen LogP contribution in [0.1, 0.15) is 50.8 Å². The number of hydrogen-bond donors (Lipinski definition) is 1. The molecule has 0 aromatic heterocycles. The molecule has 1 spiro atoms. The molecule has 2 aromatic rings. The summed E-state index contributed by atoms with van der Waals surface area (Å²) in [5.41, 5.74) is 3.28. The maximum absolute atomic E-state index is 14.0. The monoisotopic (exact) mass is 494 g/mol. The number of anilines is 1. The van der Waals surface area contributed by atoms with E-state index in [1.807, 2.05) is 49.4 Å². The Kier molecular flexibility index (Phi) is 6.89. The summed E-state index contributed by atoms with van der Waals surface area (Å²) in [7, 11) is 0. The molecule has 2 heterocycles. The van der Waals surface area contributed by atoms with Crippen LogP contribution in [0.2, 0.25) is 0 Å². The van der Waals surface area contributed by atoms with Gasteiger partial charge in [-0.15, -0.1) is 5.10 Å². The van der Waals surface area contributed by atoms with Crippen molar-refractivity contribution in [1.29, 1.82) is 0 Å². The van der Waals surface area contributed by atoms with E-state index >= 15 is 0 Å². The van der Waals surface area contributed by atoms with Gasteiger partial charge < -0.3 is 15.0 Å². The van der Waals surface area contributed by atoms with E-state index in [9.17, 15) is 14.4 Å². The Morgan fingerprint density at radius 2 is 1.86 bits per heavy atom. The summed E-state index contributed by atoms with van der Waals surface area (Å²) in [4.78, 5) is 38.6. The number of ether oxygens (including phenoxy) is 1. The second kappa shape index (κ2) is 9.73. The van der Waals surface area contributed by atoms with Crippen molar-refractivity contribution in [3.63, 3.8) is 0 Å². The summed E-state index contributed by atoms with van der Waals surface area (Å²) < 4.78 is 5.81. The Morgan fingerprint density at radius 1 is 1.14 bits per heavy atom. The Labute approximate surface area is 209 Å². The Balaban J connectivity index is 1.64. The minimum absolute atomic E-state index is 0.221. The molecular weight excluding hydrogens is 464 g/mol. The number of hydrogen-bond acceptors (Lipinski definition) is 6. The first-order chi connectivity index (χ1) is 16.6. The molecule has 1 atom stereocenters. The van der Waals surface area contributed by atoms with Gasteiger partial charge in [0.15, 0.2) is 5.17 Å². The molecule has 35 heavy (non-hydrogen) atoms. The second-order valence-corrected chi connectivity index (χ2v) is 10.4. The molecule has 0 saturated carbocycles. The van der Waals surface area contributed by atoms with Gasteiger partial charge in [0.2, 0.25) is 16.7 Å². The van der Waals surface area contributed by atoms with Crippen molar-refractivity contribution >= 4 is 40.3 Å². The van der Waals surface area contributed by atoms with Crippen LogP contribution in [0.3, 0.4) is 0 Å². The molecule has 0 saturated heterocycles. The number of carbonyl (C=O) groups is 3. The molecule has 8 nitrogen and oxygen atoms in total. The van der Waals surface area contributed by atoms with E-state index < -0.39 is 4.87 Å². The fourth-order valence-corrected chi connectivity index (χ4v) is 5.49. The average Bonchev–Trinajstić information content (AvgIpc) is 3.26. The maximum Gasteiger partial charge on any atom is 0.271 e. The highest BCUT2D eigenvalue weighted by Gasteiger charge is 2.61. The number of benzene rings is 2. The first kappa shape index (κ1) is 24.8. The SMILES string of the molecule is CC(=O)NC1=NN(C(C)=O)[C@]2(S1)C(=O)N(Cc1ccc(OCCC(C)C)cc1)c1ccc(C)cc12. The lowest BCUT2D eigenvalue weighted by Gasteiger charge is -2.29. The van der Waals surface area contributed by atoms with E-state index in [1.165, 1.54) is 18.9 Å². The summed E-state index contributed by atoms with van der Waals surface area (Å²) in [6.45, 7) is 9.97. The van der Waals surface area contributed by atoms with Crippen molar-refractivity contribution in [3.05, 3.63) is 59.2 Å². The first-order valence-corrected chi connectivity index (χ1v) is 12.4. The van der Waals surface area contributed by atoms with Gasteiger partial charge in [-0.1, -0.05) is 43.7 Å². The first-order valence-electron chi connectivity index (χ1n) is 11.6. The summed E-state index contributed by atoms with van der Waals surface area (Å²) in [6, 6.07) is 13.5. The van der Waals surface area contributed by atoms with Crippen LogP contribution in [0.5, 0.6) is 5.75 Å². The molecule has 184 valence electrons. The lowest BCUT2D eigenvalue weighted by Crippen LogP contribution is -2.48. The summed E-state index contributed by atoms with van der Waals surface area (Å²) in [6.07, 6.45) is 0.981. The van der Waals surface area contributed by atoms with Crippen LogP contribution >= 0.6 is 11.8 Å². The van der Waals surface area contributed by atoms with Crippen LogP contribution < -0.4 is 15.0 Å². The van der Waals surface area contributed by atoms with Crippen LogP contribution in [0.25, 0.3) is 0 Å². The lowest BCUT2D eigenvalue weighted by atomic mass is 10.0. The van der Waals surface area contributed by atoms with Gasteiger partial charge in [0, 0.05) is 19.4 Å². The second-order valence-electron chi connectivity index (χ2n) is 9.25. The van der Waals surface area contributed by atoms with Gasteiger partial charge in [-0.2, -0.15) is 5.01 Å². The molecule has 0 radical (unpaired) electrons. The van der Waals surface area contributed by atoms with Gasteiger partial charge in [0.1, 0.15) is 5.75 Å². The van der Waals surface area contributed by atoms with Crippen LogP contribution in [0, 0.1) is 12.8 Å². The molecule has 4 rings (SSSR count). The number of rotatable bonds is 6. The highest BCUT2D eigenvalue weighted by Crippen LogP contribution is 2.54. The number of amidine groups is 1. The van der Waals surface area contributed by atoms with Crippen LogP contribution in [-0.2, 0) is 25.8 Å². The molecule has 3 amide bonds. The van der Waals surface area contributed by atoms with Crippen LogP contribution in [-0.4, -0.2) is 34.5 Å². The predicted molar refractivity (Wildman–Crippen MR) is 137 cm³/mol. The van der Waals surface area contributed by atoms with E-state index in [1.54, 1.807) is 4.90 Å². The number of fused-ring (bicyclic) bond motifs is 2. The standard InChI is InChI=1S/C26H30N4O4S/c1-16(2)12-13-34-21-9-7-20(8-10-21)15-29-23-11-6-17(3)14-22(23)26(24(29)33)30(19(5)32)28-25(35-26)27-18(4)31/h6-11,14,16H,12-13,15H2,1-5H3,(H,27,28,31)/t26-/m1/s1. The molecule has 9 heteroatoms. The zero-order valence-corrected chi connectivity index (χ0v) is 21.4. The van der Waals surface area contributed by atoms with Gasteiger partial charge >= 0.3 is 0 Å². The fraction of sp³-hybridized carbons (Fsp3) is 0.385. The molecule has 1 N–H and O–H groups in total.